The highest BCUT2D eigenvalue weighted by atomic mass is 16.5. The predicted molar refractivity (Wildman–Crippen MR) is 104 cm³/mol. The van der Waals surface area contributed by atoms with E-state index in [1.54, 1.807) is 18.2 Å². The van der Waals surface area contributed by atoms with Gasteiger partial charge in [-0.05, 0) is 37.1 Å². The second-order valence-electron chi connectivity index (χ2n) is 6.44. The van der Waals surface area contributed by atoms with E-state index in [1.165, 1.54) is 6.92 Å². The Kier molecular flexibility index (Phi) is 7.11. The van der Waals surface area contributed by atoms with Gasteiger partial charge in [0, 0.05) is 19.8 Å². The molecule has 0 unspecified atom stereocenters. The number of ether oxygens (including phenoxy) is 1. The van der Waals surface area contributed by atoms with Gasteiger partial charge in [0.1, 0.15) is 0 Å². The van der Waals surface area contributed by atoms with Crippen LogP contribution >= 0.6 is 0 Å². The molecule has 1 N–H and O–H groups in total. The van der Waals surface area contributed by atoms with Gasteiger partial charge in [-0.3, -0.25) is 9.59 Å². The van der Waals surface area contributed by atoms with Crippen LogP contribution in [-0.4, -0.2) is 44.4 Å². The zero-order chi connectivity index (χ0) is 19.8. The number of ketones is 1. The van der Waals surface area contributed by atoms with Crippen molar-refractivity contribution in [3.8, 4) is 0 Å². The fourth-order valence-corrected chi connectivity index (χ4v) is 2.51. The number of benzene rings is 2. The fraction of sp³-hybridized carbons (Fsp3) is 0.286. The molecule has 1 atom stereocenters. The topological polar surface area (TPSA) is 75.7 Å². The van der Waals surface area contributed by atoms with Gasteiger partial charge in [0.2, 0.25) is 0 Å². The number of amides is 1. The molecule has 0 saturated heterocycles. The minimum atomic E-state index is -0.657. The second kappa shape index (κ2) is 9.52. The number of carbonyl (C=O) groups excluding carboxylic acids is 3. The molecular weight excluding hydrogens is 344 g/mol. The summed E-state index contributed by atoms with van der Waals surface area (Å²) in [6, 6.07) is 15.7. The van der Waals surface area contributed by atoms with Gasteiger partial charge in [0.15, 0.2) is 12.4 Å². The molecule has 2 aromatic rings. The summed E-state index contributed by atoms with van der Waals surface area (Å²) in [7, 11) is 3.74. The first-order valence-electron chi connectivity index (χ1n) is 8.65. The molecule has 0 aliphatic carbocycles. The van der Waals surface area contributed by atoms with Crippen LogP contribution in [0.5, 0.6) is 0 Å². The van der Waals surface area contributed by atoms with Gasteiger partial charge < -0.3 is 15.0 Å². The average Bonchev–Trinajstić information content (AvgIpc) is 2.66. The maximum atomic E-state index is 12.1. The Bertz CT molecular complexity index is 803. The third kappa shape index (κ3) is 6.26. The van der Waals surface area contributed by atoms with Crippen molar-refractivity contribution in [2.45, 2.75) is 19.4 Å². The molecule has 0 saturated carbocycles. The van der Waals surface area contributed by atoms with Crippen molar-refractivity contribution in [2.75, 3.05) is 25.6 Å². The Balaban J connectivity index is 1.91. The largest absolute Gasteiger partial charge is 0.452 e. The van der Waals surface area contributed by atoms with Gasteiger partial charge in [-0.2, -0.15) is 0 Å². The number of nitrogens with zero attached hydrogens (tertiary/aromatic N) is 1. The molecule has 2 aromatic carbocycles. The van der Waals surface area contributed by atoms with Gasteiger partial charge >= 0.3 is 5.97 Å². The van der Waals surface area contributed by atoms with Crippen molar-refractivity contribution >= 4 is 23.3 Å². The molecule has 0 radical (unpaired) electrons. The minimum absolute atomic E-state index is 0.155. The van der Waals surface area contributed by atoms with E-state index >= 15 is 0 Å². The lowest BCUT2D eigenvalue weighted by atomic mass is 10.0. The van der Waals surface area contributed by atoms with E-state index in [4.69, 9.17) is 4.74 Å². The van der Waals surface area contributed by atoms with Crippen LogP contribution in [0.15, 0.2) is 54.6 Å². The van der Waals surface area contributed by atoms with E-state index in [0.717, 1.165) is 11.3 Å². The third-order valence-electron chi connectivity index (χ3n) is 4.04. The maximum absolute atomic E-state index is 12.1. The van der Waals surface area contributed by atoms with E-state index in [2.05, 4.69) is 5.32 Å². The summed E-state index contributed by atoms with van der Waals surface area (Å²) in [4.78, 5) is 37.9. The number of hydrogen-bond acceptors (Lipinski definition) is 5. The summed E-state index contributed by atoms with van der Waals surface area (Å²) < 4.78 is 5.07. The molecule has 27 heavy (non-hydrogen) atoms. The molecule has 0 heterocycles. The van der Waals surface area contributed by atoms with E-state index in [-0.39, 0.29) is 5.78 Å². The molecule has 0 spiro atoms. The molecule has 142 valence electrons. The highest BCUT2D eigenvalue weighted by molar-refractivity contribution is 5.93. The van der Waals surface area contributed by atoms with Crippen LogP contribution in [0.2, 0.25) is 0 Å². The van der Waals surface area contributed by atoms with Crippen LogP contribution in [0.4, 0.5) is 5.69 Å². The van der Waals surface area contributed by atoms with Crippen molar-refractivity contribution in [3.63, 3.8) is 0 Å². The number of nitrogens with one attached hydrogen (secondary N) is 1. The highest BCUT2D eigenvalue weighted by Gasteiger charge is 2.19. The fourth-order valence-electron chi connectivity index (χ4n) is 2.51. The van der Waals surface area contributed by atoms with Crippen LogP contribution in [0.1, 0.15) is 22.8 Å². The number of carbonyl (C=O) groups is 3. The first-order valence-corrected chi connectivity index (χ1v) is 8.65. The van der Waals surface area contributed by atoms with E-state index < -0.39 is 24.5 Å². The summed E-state index contributed by atoms with van der Waals surface area (Å²) in [5.41, 5.74) is 2.16. The first kappa shape index (κ1) is 20.2. The molecule has 6 heteroatoms. The zero-order valence-electron chi connectivity index (χ0n) is 15.8. The molecule has 0 aliphatic rings. The molecular formula is C21H24N2O4. The third-order valence-corrected chi connectivity index (χ3v) is 4.04. The van der Waals surface area contributed by atoms with Gasteiger partial charge in [-0.1, -0.05) is 36.4 Å². The van der Waals surface area contributed by atoms with Crippen LogP contribution in [0.25, 0.3) is 0 Å². The van der Waals surface area contributed by atoms with Gasteiger partial charge in [-0.25, -0.2) is 4.79 Å². The summed E-state index contributed by atoms with van der Waals surface area (Å²) in [6.45, 7) is 0.982. The minimum Gasteiger partial charge on any atom is -0.452 e. The van der Waals surface area contributed by atoms with Crippen molar-refractivity contribution < 1.29 is 19.1 Å². The normalized spacial score (nSPS) is 11.4. The lowest BCUT2D eigenvalue weighted by molar-refractivity contribution is -0.128. The van der Waals surface area contributed by atoms with Crippen molar-refractivity contribution in [3.05, 3.63) is 65.7 Å². The molecule has 0 aromatic heterocycles. The summed E-state index contributed by atoms with van der Waals surface area (Å²) in [5, 5.41) is 2.63. The van der Waals surface area contributed by atoms with E-state index in [0.29, 0.717) is 12.0 Å². The van der Waals surface area contributed by atoms with E-state index in [9.17, 15) is 14.4 Å². The van der Waals surface area contributed by atoms with E-state index in [1.807, 2.05) is 55.4 Å². The Morgan fingerprint density at radius 1 is 1.04 bits per heavy atom. The molecule has 6 nitrogen and oxygen atoms in total. The van der Waals surface area contributed by atoms with Gasteiger partial charge in [-0.15, -0.1) is 0 Å². The number of hydrogen-bond donors (Lipinski definition) is 1. The number of Topliss-reactive ketones (excluding diaryl/α,β-unsaturated/α-hetero) is 1. The number of rotatable bonds is 8. The molecule has 0 fully saturated rings. The lowest BCUT2D eigenvalue weighted by Gasteiger charge is -2.16. The quantitative estimate of drug-likeness (QED) is 0.723. The molecule has 2 rings (SSSR count). The SMILES string of the molecule is CC(=O)[C@@H](Cc1ccccc1)NC(=O)COC(=O)c1cccc(N(C)C)c1. The number of anilines is 1. The Labute approximate surface area is 159 Å². The van der Waals surface area contributed by atoms with Crippen molar-refractivity contribution in [2.24, 2.45) is 0 Å². The monoisotopic (exact) mass is 368 g/mol. The van der Waals surface area contributed by atoms with Gasteiger partial charge in [0.05, 0.1) is 11.6 Å². The maximum Gasteiger partial charge on any atom is 0.338 e. The summed E-state index contributed by atoms with van der Waals surface area (Å²) in [5.74, 6) is -1.25. The average molecular weight is 368 g/mol. The van der Waals surface area contributed by atoms with Crippen LogP contribution in [0.3, 0.4) is 0 Å². The summed E-state index contributed by atoms with van der Waals surface area (Å²) in [6.07, 6.45) is 0.390. The van der Waals surface area contributed by atoms with Crippen molar-refractivity contribution in [1.29, 1.82) is 0 Å². The molecule has 1 amide bonds. The van der Waals surface area contributed by atoms with Crippen LogP contribution in [0, 0.1) is 0 Å². The smallest absolute Gasteiger partial charge is 0.338 e. The van der Waals surface area contributed by atoms with Crippen LogP contribution in [-0.2, 0) is 20.7 Å². The summed E-state index contributed by atoms with van der Waals surface area (Å²) >= 11 is 0. The number of esters is 1. The van der Waals surface area contributed by atoms with Gasteiger partial charge in [0.25, 0.3) is 5.91 Å². The highest BCUT2D eigenvalue weighted by Crippen LogP contribution is 2.14. The van der Waals surface area contributed by atoms with Crippen LogP contribution < -0.4 is 10.2 Å². The Hall–Kier alpha value is -3.15. The predicted octanol–water partition coefficient (Wildman–Crippen LogP) is 2.23. The van der Waals surface area contributed by atoms with Crippen molar-refractivity contribution in [1.82, 2.24) is 5.32 Å². The zero-order valence-corrected chi connectivity index (χ0v) is 15.8. The standard InChI is InChI=1S/C21H24N2O4/c1-15(24)19(12-16-8-5-4-6-9-16)22-20(25)14-27-21(26)17-10-7-11-18(13-17)23(2)3/h4-11,13,19H,12,14H2,1-3H3,(H,22,25)/t19-/m1/s1. The molecule has 0 bridgehead atoms. The Morgan fingerprint density at radius 3 is 2.37 bits per heavy atom. The lowest BCUT2D eigenvalue weighted by Crippen LogP contribution is -2.43. The molecule has 0 aliphatic heterocycles. The first-order chi connectivity index (χ1) is 12.9. The Morgan fingerprint density at radius 2 is 1.74 bits per heavy atom. The second-order valence-corrected chi connectivity index (χ2v) is 6.44.